The molecular weight excluding hydrogens is 308 g/mol. The Morgan fingerprint density at radius 1 is 0.895 bits per heavy atom. The normalized spacial score (nSPS) is 10.5. The summed E-state index contributed by atoms with van der Waals surface area (Å²) in [5.41, 5.74) is 2.65. The first kappa shape index (κ1) is 14.1. The second-order valence-corrected chi connectivity index (χ2v) is 5.09. The van der Waals surface area contributed by atoms with E-state index < -0.39 is 0 Å². The number of aliphatic hydroxyl groups excluding tert-OH is 2. The summed E-state index contributed by atoms with van der Waals surface area (Å²) >= 11 is 3.36. The van der Waals surface area contributed by atoms with Crippen molar-refractivity contribution in [3.05, 3.63) is 63.6 Å². The summed E-state index contributed by atoms with van der Waals surface area (Å²) in [6, 6.07) is 13.1. The fourth-order valence-corrected chi connectivity index (χ4v) is 2.12. The second kappa shape index (κ2) is 6.70. The number of rotatable bonds is 5. The lowest BCUT2D eigenvalue weighted by atomic mass is 10.1. The van der Waals surface area contributed by atoms with Gasteiger partial charge in [-0.05, 0) is 29.3 Å². The molecule has 0 amide bonds. The molecule has 0 radical (unpaired) electrons. The molecule has 2 N–H and O–H groups in total. The van der Waals surface area contributed by atoms with Crippen LogP contribution in [0.4, 0.5) is 0 Å². The monoisotopic (exact) mass is 322 g/mol. The molecule has 0 bridgehead atoms. The highest BCUT2D eigenvalue weighted by Gasteiger charge is 2.04. The van der Waals surface area contributed by atoms with Gasteiger partial charge in [-0.1, -0.05) is 40.2 Å². The average Bonchev–Trinajstić information content (AvgIpc) is 2.46. The number of aliphatic hydroxyl groups is 2. The topological polar surface area (TPSA) is 49.7 Å². The molecule has 0 heterocycles. The van der Waals surface area contributed by atoms with E-state index in [9.17, 15) is 5.11 Å². The van der Waals surface area contributed by atoms with Crippen LogP contribution >= 0.6 is 15.9 Å². The summed E-state index contributed by atoms with van der Waals surface area (Å²) in [6.07, 6.45) is 0. The van der Waals surface area contributed by atoms with Crippen LogP contribution in [0.5, 0.6) is 5.75 Å². The Kier molecular flexibility index (Phi) is 4.96. The highest BCUT2D eigenvalue weighted by atomic mass is 79.9. The van der Waals surface area contributed by atoms with Crippen molar-refractivity contribution in [3.63, 3.8) is 0 Å². The second-order valence-electron chi connectivity index (χ2n) is 4.17. The Labute approximate surface area is 120 Å². The molecular formula is C15H15BrO3. The zero-order valence-electron chi connectivity index (χ0n) is 10.3. The molecule has 19 heavy (non-hydrogen) atoms. The summed E-state index contributed by atoms with van der Waals surface area (Å²) in [7, 11) is 0. The van der Waals surface area contributed by atoms with E-state index in [0.29, 0.717) is 12.4 Å². The molecule has 0 saturated heterocycles. The van der Waals surface area contributed by atoms with Crippen LogP contribution in [0.3, 0.4) is 0 Å². The van der Waals surface area contributed by atoms with Crippen molar-refractivity contribution in [1.82, 2.24) is 0 Å². The van der Waals surface area contributed by atoms with Gasteiger partial charge in [-0.2, -0.15) is 0 Å². The van der Waals surface area contributed by atoms with Gasteiger partial charge in [-0.25, -0.2) is 0 Å². The quantitative estimate of drug-likeness (QED) is 0.889. The lowest BCUT2D eigenvalue weighted by molar-refractivity contribution is 0.258. The predicted octanol–water partition coefficient (Wildman–Crippen LogP) is 3.01. The van der Waals surface area contributed by atoms with Crippen molar-refractivity contribution in [2.45, 2.75) is 19.8 Å². The smallest absolute Gasteiger partial charge is 0.125 e. The maximum atomic E-state index is 9.28. The molecule has 0 atom stereocenters. The van der Waals surface area contributed by atoms with Crippen LogP contribution in [0.15, 0.2) is 46.9 Å². The van der Waals surface area contributed by atoms with Gasteiger partial charge in [0.1, 0.15) is 12.4 Å². The van der Waals surface area contributed by atoms with Gasteiger partial charge < -0.3 is 14.9 Å². The van der Waals surface area contributed by atoms with Gasteiger partial charge in [-0.3, -0.25) is 0 Å². The molecule has 0 aliphatic rings. The predicted molar refractivity (Wildman–Crippen MR) is 76.8 cm³/mol. The van der Waals surface area contributed by atoms with Crippen molar-refractivity contribution >= 4 is 15.9 Å². The van der Waals surface area contributed by atoms with Crippen LogP contribution in [0.1, 0.15) is 16.7 Å². The van der Waals surface area contributed by atoms with E-state index in [1.54, 1.807) is 0 Å². The first-order valence-corrected chi connectivity index (χ1v) is 6.73. The van der Waals surface area contributed by atoms with Crippen LogP contribution in [-0.2, 0) is 19.8 Å². The first-order chi connectivity index (χ1) is 9.22. The zero-order valence-corrected chi connectivity index (χ0v) is 11.9. The number of hydrogen-bond donors (Lipinski definition) is 2. The van der Waals surface area contributed by atoms with Crippen molar-refractivity contribution < 1.29 is 14.9 Å². The van der Waals surface area contributed by atoms with Gasteiger partial charge in [-0.15, -0.1) is 0 Å². The molecule has 0 aromatic heterocycles. The van der Waals surface area contributed by atoms with Crippen LogP contribution < -0.4 is 4.74 Å². The van der Waals surface area contributed by atoms with E-state index in [2.05, 4.69) is 15.9 Å². The third kappa shape index (κ3) is 3.80. The molecule has 2 rings (SSSR count). The molecule has 100 valence electrons. The van der Waals surface area contributed by atoms with Gasteiger partial charge in [0.2, 0.25) is 0 Å². The van der Waals surface area contributed by atoms with Gasteiger partial charge in [0.15, 0.2) is 0 Å². The molecule has 0 aliphatic heterocycles. The minimum absolute atomic E-state index is 0.0442. The molecule has 0 aliphatic carbocycles. The van der Waals surface area contributed by atoms with Gasteiger partial charge in [0.05, 0.1) is 13.2 Å². The first-order valence-electron chi connectivity index (χ1n) is 5.93. The molecule has 0 saturated carbocycles. The van der Waals surface area contributed by atoms with Crippen molar-refractivity contribution in [3.8, 4) is 5.75 Å². The summed E-state index contributed by atoms with van der Waals surface area (Å²) in [5, 5.41) is 18.2. The average molecular weight is 323 g/mol. The lowest BCUT2D eigenvalue weighted by Crippen LogP contribution is -1.99. The summed E-state index contributed by atoms with van der Waals surface area (Å²) in [5.74, 6) is 0.678. The minimum atomic E-state index is -0.0573. The number of hydrogen-bond acceptors (Lipinski definition) is 3. The van der Waals surface area contributed by atoms with Gasteiger partial charge >= 0.3 is 0 Å². The van der Waals surface area contributed by atoms with E-state index in [1.165, 1.54) is 0 Å². The number of ether oxygens (including phenoxy) is 1. The highest BCUT2D eigenvalue weighted by molar-refractivity contribution is 9.10. The summed E-state index contributed by atoms with van der Waals surface area (Å²) in [6.45, 7) is 0.418. The fraction of sp³-hybridized carbons (Fsp3) is 0.200. The van der Waals surface area contributed by atoms with E-state index in [1.807, 2.05) is 42.5 Å². The summed E-state index contributed by atoms with van der Waals surface area (Å²) < 4.78 is 6.61. The Morgan fingerprint density at radius 2 is 1.58 bits per heavy atom. The zero-order chi connectivity index (χ0) is 13.7. The molecule has 4 heteroatoms. The van der Waals surface area contributed by atoms with E-state index in [0.717, 1.165) is 21.2 Å². The van der Waals surface area contributed by atoms with Crippen molar-refractivity contribution in [1.29, 1.82) is 0 Å². The number of benzene rings is 2. The van der Waals surface area contributed by atoms with Gasteiger partial charge in [0.25, 0.3) is 0 Å². The molecule has 3 nitrogen and oxygen atoms in total. The standard InChI is InChI=1S/C15H15BrO3/c16-14-5-6-15(13(7-14)9-18)19-10-12-3-1-11(8-17)2-4-12/h1-7,17-18H,8-10H2. The van der Waals surface area contributed by atoms with Crippen molar-refractivity contribution in [2.24, 2.45) is 0 Å². The van der Waals surface area contributed by atoms with E-state index >= 15 is 0 Å². The maximum Gasteiger partial charge on any atom is 0.125 e. The lowest BCUT2D eigenvalue weighted by Gasteiger charge is -2.11. The Hall–Kier alpha value is -1.36. The van der Waals surface area contributed by atoms with Crippen LogP contribution in [0.25, 0.3) is 0 Å². The van der Waals surface area contributed by atoms with E-state index in [4.69, 9.17) is 9.84 Å². The maximum absolute atomic E-state index is 9.28. The molecule has 0 unspecified atom stereocenters. The molecule has 0 spiro atoms. The third-order valence-electron chi connectivity index (χ3n) is 2.79. The summed E-state index contributed by atoms with van der Waals surface area (Å²) in [4.78, 5) is 0. The van der Waals surface area contributed by atoms with Crippen LogP contribution in [-0.4, -0.2) is 10.2 Å². The Balaban J connectivity index is 2.05. The van der Waals surface area contributed by atoms with Crippen LogP contribution in [0, 0.1) is 0 Å². The minimum Gasteiger partial charge on any atom is -0.489 e. The van der Waals surface area contributed by atoms with Gasteiger partial charge in [0, 0.05) is 10.0 Å². The highest BCUT2D eigenvalue weighted by Crippen LogP contribution is 2.24. The third-order valence-corrected chi connectivity index (χ3v) is 3.29. The molecule has 2 aromatic rings. The SMILES string of the molecule is OCc1ccc(COc2ccc(Br)cc2CO)cc1. The van der Waals surface area contributed by atoms with Crippen molar-refractivity contribution in [2.75, 3.05) is 0 Å². The van der Waals surface area contributed by atoms with E-state index in [-0.39, 0.29) is 13.2 Å². The van der Waals surface area contributed by atoms with Crippen LogP contribution in [0.2, 0.25) is 0 Å². The fourth-order valence-electron chi connectivity index (χ4n) is 1.71. The molecule has 2 aromatic carbocycles. The Morgan fingerprint density at radius 3 is 2.21 bits per heavy atom. The largest absolute Gasteiger partial charge is 0.489 e. The molecule has 0 fully saturated rings. The number of halogens is 1. The Bertz CT molecular complexity index is 538.